The molecule has 0 bridgehead atoms. The number of aryl methyl sites for hydroxylation is 1. The number of aromatic nitrogens is 1. The fourth-order valence-electron chi connectivity index (χ4n) is 3.24. The monoisotopic (exact) mass is 397 g/mol. The van der Waals surface area contributed by atoms with E-state index in [0.29, 0.717) is 10.2 Å². The lowest BCUT2D eigenvalue weighted by molar-refractivity contribution is -0.114. The summed E-state index contributed by atoms with van der Waals surface area (Å²) < 4.78 is 2.10. The molecule has 2 aromatic rings. The molecule has 0 radical (unpaired) electrons. The molecule has 1 aromatic carbocycles. The smallest absolute Gasteiger partial charge is 0.283 e. The number of fused-ring (bicyclic) bond motifs is 1. The number of hydrogen-bond donors (Lipinski definition) is 1. The molecule has 8 heteroatoms. The molecule has 3 heterocycles. The fourth-order valence-corrected chi connectivity index (χ4v) is 4.01. The fraction of sp³-hybridized carbons (Fsp3) is 0.158. The first-order chi connectivity index (χ1) is 12.9. The minimum Gasteiger partial charge on any atom is -0.318 e. The molecule has 0 saturated carbocycles. The number of carbonyl (C=O) groups is 1. The molecule has 0 fully saturated rings. The number of amidine groups is 2. The third-order valence-electron chi connectivity index (χ3n) is 4.65. The maximum atomic E-state index is 12.4. The molecule has 1 amide bonds. The summed E-state index contributed by atoms with van der Waals surface area (Å²) in [7, 11) is 0. The molecular formula is C19H16ClN5OS. The van der Waals surface area contributed by atoms with Crippen LogP contribution in [0.3, 0.4) is 0 Å². The highest BCUT2D eigenvalue weighted by Gasteiger charge is 2.32. The summed E-state index contributed by atoms with van der Waals surface area (Å²) >= 11 is 7.52. The molecule has 0 aliphatic carbocycles. The lowest BCUT2D eigenvalue weighted by Crippen LogP contribution is -2.35. The van der Waals surface area contributed by atoms with Gasteiger partial charge in [-0.3, -0.25) is 10.2 Å². The Balaban J connectivity index is 1.82. The van der Waals surface area contributed by atoms with Crippen molar-refractivity contribution in [3.63, 3.8) is 0 Å². The highest BCUT2D eigenvalue weighted by molar-refractivity contribution is 8.25. The summed E-state index contributed by atoms with van der Waals surface area (Å²) in [6.45, 7) is 5.96. The van der Waals surface area contributed by atoms with Crippen molar-refractivity contribution in [2.45, 2.75) is 20.8 Å². The Morgan fingerprint density at radius 2 is 2.04 bits per heavy atom. The van der Waals surface area contributed by atoms with E-state index >= 15 is 0 Å². The van der Waals surface area contributed by atoms with Crippen LogP contribution in [-0.2, 0) is 4.79 Å². The zero-order valence-electron chi connectivity index (χ0n) is 14.9. The maximum Gasteiger partial charge on any atom is 0.283 e. The quantitative estimate of drug-likeness (QED) is 0.767. The number of thioether (sulfide) groups is 1. The minimum absolute atomic E-state index is 0.0370. The van der Waals surface area contributed by atoms with Crippen LogP contribution in [0.1, 0.15) is 22.5 Å². The third-order valence-corrected chi connectivity index (χ3v) is 5.73. The van der Waals surface area contributed by atoms with Gasteiger partial charge in [-0.2, -0.15) is 15.1 Å². The van der Waals surface area contributed by atoms with Gasteiger partial charge in [0.15, 0.2) is 11.0 Å². The number of benzene rings is 1. The molecule has 136 valence electrons. The zero-order chi connectivity index (χ0) is 19.3. The van der Waals surface area contributed by atoms with Gasteiger partial charge < -0.3 is 4.57 Å². The van der Waals surface area contributed by atoms with E-state index in [0.717, 1.165) is 28.2 Å². The SMILES string of the molecule is Cc1c(Cl)cccc1-n1c(C)cc(C=C2C(=N)N3N=CSC3=NC2=O)c1C. The van der Waals surface area contributed by atoms with Crippen LogP contribution in [-0.4, -0.2) is 32.0 Å². The third kappa shape index (κ3) is 2.83. The van der Waals surface area contributed by atoms with Gasteiger partial charge in [-0.1, -0.05) is 17.7 Å². The van der Waals surface area contributed by atoms with E-state index in [2.05, 4.69) is 14.7 Å². The van der Waals surface area contributed by atoms with Crippen molar-refractivity contribution in [3.8, 4) is 5.69 Å². The summed E-state index contributed by atoms with van der Waals surface area (Å²) in [5.41, 5.74) is 6.60. The Hall–Kier alpha value is -2.64. The van der Waals surface area contributed by atoms with Gasteiger partial charge in [0.1, 0.15) is 0 Å². The standard InChI is InChI=1S/C19H16ClN5OS/c1-10-7-13(12(3)24(10)16-6-4-5-15(20)11(16)2)8-14-17(21)25-19(23-18(14)26)27-9-22-25/h4-9,21H,1-3H3. The topological polar surface area (TPSA) is 73.8 Å². The Bertz CT molecular complexity index is 1100. The molecule has 0 saturated heterocycles. The number of halogens is 1. The molecule has 0 spiro atoms. The van der Waals surface area contributed by atoms with Crippen LogP contribution < -0.4 is 0 Å². The van der Waals surface area contributed by atoms with E-state index in [1.54, 1.807) is 11.6 Å². The van der Waals surface area contributed by atoms with Crippen molar-refractivity contribution in [1.29, 1.82) is 5.41 Å². The summed E-state index contributed by atoms with van der Waals surface area (Å²) in [6, 6.07) is 7.79. The van der Waals surface area contributed by atoms with Crippen molar-refractivity contribution in [2.24, 2.45) is 10.1 Å². The summed E-state index contributed by atoms with van der Waals surface area (Å²) in [4.78, 5) is 16.4. The second kappa shape index (κ2) is 6.51. The lowest BCUT2D eigenvalue weighted by atomic mass is 10.1. The number of hydrazone groups is 1. The lowest BCUT2D eigenvalue weighted by Gasteiger charge is -2.20. The van der Waals surface area contributed by atoms with Crippen molar-refractivity contribution >= 4 is 51.9 Å². The van der Waals surface area contributed by atoms with Crippen LogP contribution in [0.4, 0.5) is 0 Å². The van der Waals surface area contributed by atoms with E-state index in [-0.39, 0.29) is 11.4 Å². The Labute approximate surface area is 165 Å². The second-order valence-corrected chi connectivity index (χ2v) is 7.52. The summed E-state index contributed by atoms with van der Waals surface area (Å²) in [5, 5.41) is 14.9. The first-order valence-electron chi connectivity index (χ1n) is 8.26. The van der Waals surface area contributed by atoms with Crippen LogP contribution in [0.5, 0.6) is 0 Å². The van der Waals surface area contributed by atoms with Crippen molar-refractivity contribution in [3.05, 3.63) is 57.4 Å². The maximum absolute atomic E-state index is 12.4. The predicted octanol–water partition coefficient (Wildman–Crippen LogP) is 4.30. The normalized spacial score (nSPS) is 17.7. The van der Waals surface area contributed by atoms with E-state index in [9.17, 15) is 4.79 Å². The molecular weight excluding hydrogens is 382 g/mol. The summed E-state index contributed by atoms with van der Waals surface area (Å²) in [6.07, 6.45) is 1.71. The van der Waals surface area contributed by atoms with Gasteiger partial charge >= 0.3 is 0 Å². The van der Waals surface area contributed by atoms with Gasteiger partial charge in [0, 0.05) is 22.1 Å². The van der Waals surface area contributed by atoms with Crippen LogP contribution in [0.25, 0.3) is 11.8 Å². The highest BCUT2D eigenvalue weighted by Crippen LogP contribution is 2.30. The number of amides is 1. The van der Waals surface area contributed by atoms with Crippen LogP contribution in [0.2, 0.25) is 5.02 Å². The molecule has 2 aliphatic rings. The first-order valence-corrected chi connectivity index (χ1v) is 9.51. The molecule has 6 nitrogen and oxygen atoms in total. The molecule has 4 rings (SSSR count). The second-order valence-electron chi connectivity index (χ2n) is 6.30. The molecule has 1 aromatic heterocycles. The zero-order valence-corrected chi connectivity index (χ0v) is 16.5. The predicted molar refractivity (Wildman–Crippen MR) is 111 cm³/mol. The minimum atomic E-state index is -0.423. The number of nitrogens with one attached hydrogen (secondary N) is 1. The summed E-state index contributed by atoms with van der Waals surface area (Å²) in [5.74, 6) is -0.386. The van der Waals surface area contributed by atoms with Crippen LogP contribution in [0, 0.1) is 26.2 Å². The van der Waals surface area contributed by atoms with Gasteiger partial charge in [0.25, 0.3) is 5.91 Å². The average molecular weight is 398 g/mol. The largest absolute Gasteiger partial charge is 0.318 e. The van der Waals surface area contributed by atoms with E-state index in [4.69, 9.17) is 17.0 Å². The van der Waals surface area contributed by atoms with E-state index < -0.39 is 5.91 Å². The average Bonchev–Trinajstić information content (AvgIpc) is 3.19. The first kappa shape index (κ1) is 17.8. The molecule has 27 heavy (non-hydrogen) atoms. The number of rotatable bonds is 2. The van der Waals surface area contributed by atoms with Crippen molar-refractivity contribution in [2.75, 3.05) is 0 Å². The molecule has 2 aliphatic heterocycles. The van der Waals surface area contributed by atoms with Crippen LogP contribution in [0.15, 0.2) is 39.9 Å². The van der Waals surface area contributed by atoms with E-state index in [1.165, 1.54) is 16.8 Å². The van der Waals surface area contributed by atoms with Gasteiger partial charge in [0.05, 0.1) is 11.1 Å². The van der Waals surface area contributed by atoms with Gasteiger partial charge in [-0.05, 0) is 67.9 Å². The molecule has 0 atom stereocenters. The molecule has 0 unspecified atom stereocenters. The Morgan fingerprint density at radius 1 is 1.26 bits per heavy atom. The number of aliphatic imine (C=N–C) groups is 1. The van der Waals surface area contributed by atoms with Gasteiger partial charge in [-0.25, -0.2) is 0 Å². The Morgan fingerprint density at radius 3 is 2.81 bits per heavy atom. The molecule has 1 N–H and O–H groups in total. The van der Waals surface area contributed by atoms with E-state index in [1.807, 2.05) is 45.0 Å². The van der Waals surface area contributed by atoms with Gasteiger partial charge in [-0.15, -0.1) is 0 Å². The number of nitrogens with zero attached hydrogens (tertiary/aromatic N) is 4. The van der Waals surface area contributed by atoms with Gasteiger partial charge in [0.2, 0.25) is 0 Å². The Kier molecular flexibility index (Phi) is 4.28. The number of carbonyl (C=O) groups excluding carboxylic acids is 1. The van der Waals surface area contributed by atoms with Crippen molar-refractivity contribution in [1.82, 2.24) is 9.58 Å². The number of hydrogen-bond acceptors (Lipinski definition) is 4. The van der Waals surface area contributed by atoms with Crippen molar-refractivity contribution < 1.29 is 4.79 Å². The van der Waals surface area contributed by atoms with Crippen LogP contribution >= 0.6 is 23.4 Å². The highest BCUT2D eigenvalue weighted by atomic mass is 35.5.